The van der Waals surface area contributed by atoms with Crippen molar-refractivity contribution in [1.29, 1.82) is 0 Å². The number of halogens is 5. The van der Waals surface area contributed by atoms with E-state index in [9.17, 15) is 17.6 Å². The molecule has 3 rings (SSSR count). The summed E-state index contributed by atoms with van der Waals surface area (Å²) in [6, 6.07) is 2.93. The van der Waals surface area contributed by atoms with Crippen LogP contribution in [-0.4, -0.2) is 37.1 Å². The van der Waals surface area contributed by atoms with Crippen molar-refractivity contribution in [2.45, 2.75) is 24.3 Å². The second-order valence-electron chi connectivity index (χ2n) is 5.06. The topological polar surface area (TPSA) is 65.2 Å². The second kappa shape index (κ2) is 6.54. The lowest BCUT2D eigenvalue weighted by atomic mass is 10.2. The molecule has 0 aliphatic heterocycles. The average Bonchev–Trinajstić information content (AvgIpc) is 2.98. The van der Waals surface area contributed by atoms with Gasteiger partial charge in [-0.05, 0) is 28.9 Å². The van der Waals surface area contributed by atoms with Crippen LogP contribution in [0.2, 0.25) is 0 Å². The van der Waals surface area contributed by atoms with Gasteiger partial charge in [-0.25, -0.2) is 13.8 Å². The van der Waals surface area contributed by atoms with Gasteiger partial charge in [0.1, 0.15) is 0 Å². The largest absolute Gasteiger partial charge is 0.469 e. The van der Waals surface area contributed by atoms with Crippen molar-refractivity contribution in [1.82, 2.24) is 24.6 Å². The molecule has 0 aromatic carbocycles. The van der Waals surface area contributed by atoms with E-state index >= 15 is 0 Å². The fraction of sp³-hybridized carbons (Fsp3) is 0.286. The molecule has 1 atom stereocenters. The number of fused-ring (bicyclic) bond motifs is 1. The van der Waals surface area contributed by atoms with Gasteiger partial charge in [-0.3, -0.25) is 9.38 Å². The van der Waals surface area contributed by atoms with Crippen LogP contribution in [0.4, 0.5) is 17.6 Å². The van der Waals surface area contributed by atoms with Crippen LogP contribution in [0.3, 0.4) is 0 Å². The molecule has 11 heteroatoms. The van der Waals surface area contributed by atoms with Crippen LogP contribution in [0.25, 0.3) is 16.9 Å². The molecule has 0 amide bonds. The van der Waals surface area contributed by atoms with E-state index in [0.29, 0.717) is 11.3 Å². The third kappa shape index (κ3) is 3.70. The van der Waals surface area contributed by atoms with Crippen molar-refractivity contribution in [2.75, 3.05) is 0 Å². The third-order valence-electron chi connectivity index (χ3n) is 3.24. The molecule has 0 saturated heterocycles. The fourth-order valence-corrected chi connectivity index (χ4v) is 2.26. The average molecular weight is 420 g/mol. The minimum Gasteiger partial charge on any atom is -0.469 e. The summed E-state index contributed by atoms with van der Waals surface area (Å²) in [5, 5.41) is 7.05. The summed E-state index contributed by atoms with van der Waals surface area (Å²) in [6.07, 6.45) is 0.0302. The Kier molecular flexibility index (Phi) is 4.58. The van der Waals surface area contributed by atoms with Crippen LogP contribution < -0.4 is 4.74 Å². The van der Waals surface area contributed by atoms with E-state index in [0.717, 1.165) is 4.40 Å². The molecule has 0 saturated carbocycles. The highest BCUT2D eigenvalue weighted by Gasteiger charge is 2.33. The maximum absolute atomic E-state index is 13.5. The summed E-state index contributed by atoms with van der Waals surface area (Å²) in [4.78, 5) is 4.68. The van der Waals surface area contributed by atoms with Crippen LogP contribution in [0.1, 0.15) is 12.7 Å². The lowest BCUT2D eigenvalue weighted by molar-refractivity contribution is 0.0201. The van der Waals surface area contributed by atoms with Gasteiger partial charge in [0.2, 0.25) is 11.7 Å². The first-order chi connectivity index (χ1) is 11.8. The summed E-state index contributed by atoms with van der Waals surface area (Å²) in [5.41, 5.74) is 0.958. The first-order valence-corrected chi connectivity index (χ1v) is 7.74. The molecule has 0 bridgehead atoms. The first-order valence-electron chi connectivity index (χ1n) is 6.95. The number of alkyl halides is 5. The van der Waals surface area contributed by atoms with Gasteiger partial charge in [-0.2, -0.15) is 8.78 Å². The molecule has 132 valence electrons. The molecule has 0 spiro atoms. The fourth-order valence-electron chi connectivity index (χ4n) is 1.99. The predicted octanol–water partition coefficient (Wildman–Crippen LogP) is 3.66. The predicted molar refractivity (Wildman–Crippen MR) is 82.9 cm³/mol. The van der Waals surface area contributed by atoms with E-state index < -0.39 is 23.2 Å². The summed E-state index contributed by atoms with van der Waals surface area (Å²) in [7, 11) is 0. The Morgan fingerprint density at radius 1 is 1.16 bits per heavy atom. The Labute approximate surface area is 147 Å². The van der Waals surface area contributed by atoms with E-state index in [-0.39, 0.29) is 11.5 Å². The lowest BCUT2D eigenvalue weighted by Gasteiger charge is -2.12. The van der Waals surface area contributed by atoms with Crippen molar-refractivity contribution in [3.63, 3.8) is 0 Å². The number of ether oxygens (including phenoxy) is 1. The molecular formula is C14H10BrF4N5O. The Morgan fingerprint density at radius 3 is 2.52 bits per heavy atom. The molecule has 0 fully saturated rings. The molecule has 0 aliphatic rings. The van der Waals surface area contributed by atoms with Gasteiger partial charge in [-0.15, -0.1) is 10.2 Å². The second-order valence-corrected chi connectivity index (χ2v) is 6.06. The van der Waals surface area contributed by atoms with E-state index in [1.807, 2.05) is 0 Å². The van der Waals surface area contributed by atoms with Crippen LogP contribution in [-0.2, 0) is 4.83 Å². The van der Waals surface area contributed by atoms with E-state index in [1.54, 1.807) is 0 Å². The first kappa shape index (κ1) is 17.5. The summed E-state index contributed by atoms with van der Waals surface area (Å²) in [6.45, 7) is 1.23. The molecule has 3 aromatic heterocycles. The Balaban J connectivity index is 1.91. The van der Waals surface area contributed by atoms with Crippen LogP contribution in [0.15, 0.2) is 30.7 Å². The lowest BCUT2D eigenvalue weighted by Crippen LogP contribution is -2.21. The van der Waals surface area contributed by atoms with Crippen molar-refractivity contribution in [3.8, 4) is 17.1 Å². The number of nitrogens with zero attached hydrogens (tertiary/aromatic N) is 5. The zero-order chi connectivity index (χ0) is 18.2. The van der Waals surface area contributed by atoms with E-state index in [1.165, 1.54) is 37.6 Å². The Hall–Kier alpha value is -2.30. The molecule has 1 unspecified atom stereocenters. The number of pyridine rings is 1. The highest BCUT2D eigenvalue weighted by atomic mass is 79.9. The van der Waals surface area contributed by atoms with Gasteiger partial charge in [0.15, 0.2) is 11.8 Å². The Morgan fingerprint density at radius 2 is 1.92 bits per heavy atom. The SMILES string of the molecule is CC(Oc1ccc(-c2cn3c(C(F)(F)Br)nnc3cn2)cn1)C(F)F. The van der Waals surface area contributed by atoms with Crippen LogP contribution in [0.5, 0.6) is 5.88 Å². The Bertz CT molecular complexity index is 881. The van der Waals surface area contributed by atoms with Gasteiger partial charge in [-0.1, -0.05) is 0 Å². The summed E-state index contributed by atoms with van der Waals surface area (Å²) in [5.74, 6) is -0.570. The number of aromatic nitrogens is 5. The summed E-state index contributed by atoms with van der Waals surface area (Å²) >= 11 is 2.24. The van der Waals surface area contributed by atoms with Crippen LogP contribution in [0, 0.1) is 0 Å². The zero-order valence-corrected chi connectivity index (χ0v) is 14.2. The smallest absolute Gasteiger partial charge is 0.360 e. The van der Waals surface area contributed by atoms with E-state index in [4.69, 9.17) is 4.74 Å². The zero-order valence-electron chi connectivity index (χ0n) is 12.6. The number of hydrogen-bond acceptors (Lipinski definition) is 5. The van der Waals surface area contributed by atoms with Crippen molar-refractivity contribution in [3.05, 3.63) is 36.5 Å². The molecular weight excluding hydrogens is 410 g/mol. The van der Waals surface area contributed by atoms with Crippen molar-refractivity contribution in [2.24, 2.45) is 0 Å². The number of rotatable bonds is 5. The minimum atomic E-state index is -3.35. The maximum atomic E-state index is 13.5. The van der Waals surface area contributed by atoms with Gasteiger partial charge in [0, 0.05) is 24.0 Å². The van der Waals surface area contributed by atoms with Crippen molar-refractivity contribution >= 4 is 21.6 Å². The molecule has 25 heavy (non-hydrogen) atoms. The molecule has 0 radical (unpaired) electrons. The molecule has 0 N–H and O–H groups in total. The summed E-state index contributed by atoms with van der Waals surface area (Å²) < 4.78 is 58.0. The monoisotopic (exact) mass is 419 g/mol. The number of hydrogen-bond donors (Lipinski definition) is 0. The van der Waals surface area contributed by atoms with Gasteiger partial charge in [0.25, 0.3) is 6.43 Å². The molecule has 3 aromatic rings. The highest BCUT2D eigenvalue weighted by molar-refractivity contribution is 9.09. The van der Waals surface area contributed by atoms with Crippen molar-refractivity contribution < 1.29 is 22.3 Å². The van der Waals surface area contributed by atoms with Gasteiger partial charge < -0.3 is 4.74 Å². The minimum absolute atomic E-state index is 0.0228. The molecule has 6 nitrogen and oxygen atoms in total. The molecule has 0 aliphatic carbocycles. The van der Waals surface area contributed by atoms with Crippen LogP contribution >= 0.6 is 15.9 Å². The maximum Gasteiger partial charge on any atom is 0.360 e. The standard InChI is InChI=1S/C14H10BrF4N5O/c1-7(12(16)17)25-11-3-2-8(4-21-11)9-6-24-10(5-20-9)22-23-13(24)14(15,18)19/h2-7,12H,1H3. The molecule has 3 heterocycles. The highest BCUT2D eigenvalue weighted by Crippen LogP contribution is 2.33. The quantitative estimate of drug-likeness (QED) is 0.466. The van der Waals surface area contributed by atoms with E-state index in [2.05, 4.69) is 36.1 Å². The van der Waals surface area contributed by atoms with Gasteiger partial charge in [0.05, 0.1) is 11.9 Å². The van der Waals surface area contributed by atoms with Gasteiger partial charge >= 0.3 is 4.83 Å². The normalized spacial score (nSPS) is 13.4. The third-order valence-corrected chi connectivity index (χ3v) is 3.59.